The van der Waals surface area contributed by atoms with Crippen LogP contribution in [-0.4, -0.2) is 40.1 Å². The number of aryl methyl sites for hydroxylation is 3. The molecule has 9 heteroatoms. The molecule has 1 amide bonds. The van der Waals surface area contributed by atoms with E-state index in [0.717, 1.165) is 48.6 Å². The van der Waals surface area contributed by atoms with Crippen LogP contribution in [0.1, 0.15) is 48.4 Å². The number of carbonyl (C=O) groups is 1. The number of aromatic nitrogens is 7. The SMILES string of the molecule is CCCCn1nc(C)cc1NC(=O)c1cnn2c(-c3cnn(CC)c3C)ccnc12. The topological polar surface area (TPSA) is 94.9 Å². The third-order valence-corrected chi connectivity index (χ3v) is 5.19. The van der Waals surface area contributed by atoms with Gasteiger partial charge in [-0.25, -0.2) is 14.2 Å². The van der Waals surface area contributed by atoms with Crippen LogP contribution in [0.25, 0.3) is 16.9 Å². The summed E-state index contributed by atoms with van der Waals surface area (Å²) < 4.78 is 5.46. The minimum Gasteiger partial charge on any atom is -0.307 e. The van der Waals surface area contributed by atoms with E-state index in [0.29, 0.717) is 17.0 Å². The molecule has 0 saturated carbocycles. The lowest BCUT2D eigenvalue weighted by molar-refractivity contribution is 0.102. The van der Waals surface area contributed by atoms with Crippen molar-refractivity contribution in [2.24, 2.45) is 0 Å². The maximum Gasteiger partial charge on any atom is 0.262 e. The first-order valence-electron chi connectivity index (χ1n) is 10.2. The van der Waals surface area contributed by atoms with Crippen LogP contribution in [0.15, 0.2) is 30.7 Å². The summed E-state index contributed by atoms with van der Waals surface area (Å²) in [4.78, 5) is 17.4. The van der Waals surface area contributed by atoms with Crippen LogP contribution in [0.5, 0.6) is 0 Å². The third kappa shape index (κ3) is 3.47. The van der Waals surface area contributed by atoms with Crippen molar-refractivity contribution in [1.29, 1.82) is 0 Å². The standard InChI is InChI=1S/C21H26N8O/c1-5-7-10-28-19(11-14(3)26-28)25-21(30)17-13-24-29-18(8-9-22-20(17)29)16-12-23-27(6-2)15(16)4/h8-9,11-13H,5-7,10H2,1-4H3,(H,25,30). The zero-order valence-corrected chi connectivity index (χ0v) is 17.8. The molecule has 0 aliphatic heterocycles. The molecular formula is C21H26N8O. The summed E-state index contributed by atoms with van der Waals surface area (Å²) in [5.41, 5.74) is 4.64. The van der Waals surface area contributed by atoms with Crippen LogP contribution in [0.2, 0.25) is 0 Å². The number of unbranched alkanes of at least 4 members (excludes halogenated alkanes) is 1. The van der Waals surface area contributed by atoms with Gasteiger partial charge < -0.3 is 5.32 Å². The Bertz CT molecular complexity index is 1200. The van der Waals surface area contributed by atoms with E-state index < -0.39 is 0 Å². The summed E-state index contributed by atoms with van der Waals surface area (Å²) in [6, 6.07) is 3.76. The molecule has 4 heterocycles. The van der Waals surface area contributed by atoms with Gasteiger partial charge in [0.15, 0.2) is 5.65 Å². The van der Waals surface area contributed by atoms with E-state index in [1.54, 1.807) is 16.9 Å². The normalized spacial score (nSPS) is 11.3. The van der Waals surface area contributed by atoms with Gasteiger partial charge >= 0.3 is 0 Å². The van der Waals surface area contributed by atoms with Crippen molar-refractivity contribution in [3.05, 3.63) is 47.7 Å². The minimum atomic E-state index is -0.256. The number of amides is 1. The second-order valence-corrected chi connectivity index (χ2v) is 7.28. The summed E-state index contributed by atoms with van der Waals surface area (Å²) in [6.07, 6.45) is 7.13. The third-order valence-electron chi connectivity index (χ3n) is 5.19. The monoisotopic (exact) mass is 406 g/mol. The molecule has 0 unspecified atom stereocenters. The molecule has 0 fully saturated rings. The Kier molecular flexibility index (Phi) is 5.35. The molecular weight excluding hydrogens is 380 g/mol. The van der Waals surface area contributed by atoms with Crippen molar-refractivity contribution < 1.29 is 4.79 Å². The fraction of sp³-hybridized carbons (Fsp3) is 0.381. The van der Waals surface area contributed by atoms with Gasteiger partial charge in [0.25, 0.3) is 5.91 Å². The Morgan fingerprint density at radius 1 is 1.13 bits per heavy atom. The van der Waals surface area contributed by atoms with Crippen molar-refractivity contribution >= 4 is 17.4 Å². The van der Waals surface area contributed by atoms with Gasteiger partial charge in [-0.2, -0.15) is 15.3 Å². The molecule has 0 radical (unpaired) electrons. The number of rotatable bonds is 7. The summed E-state index contributed by atoms with van der Waals surface area (Å²) >= 11 is 0. The lowest BCUT2D eigenvalue weighted by atomic mass is 10.2. The fourth-order valence-corrected chi connectivity index (χ4v) is 3.58. The summed E-state index contributed by atoms with van der Waals surface area (Å²) in [6.45, 7) is 9.67. The van der Waals surface area contributed by atoms with Gasteiger partial charge in [-0.05, 0) is 33.3 Å². The van der Waals surface area contributed by atoms with E-state index in [1.165, 1.54) is 0 Å². The molecule has 1 N–H and O–H groups in total. The van der Waals surface area contributed by atoms with Gasteiger partial charge in [0, 0.05) is 36.6 Å². The Balaban J connectivity index is 1.68. The quantitative estimate of drug-likeness (QED) is 0.507. The predicted octanol–water partition coefficient (Wildman–Crippen LogP) is 3.48. The van der Waals surface area contributed by atoms with Crippen LogP contribution in [0.3, 0.4) is 0 Å². The second-order valence-electron chi connectivity index (χ2n) is 7.28. The molecule has 0 aliphatic carbocycles. The van der Waals surface area contributed by atoms with E-state index in [9.17, 15) is 4.79 Å². The Hall–Kier alpha value is -3.49. The first-order valence-corrected chi connectivity index (χ1v) is 10.2. The highest BCUT2D eigenvalue weighted by atomic mass is 16.1. The van der Waals surface area contributed by atoms with E-state index in [2.05, 4.69) is 39.4 Å². The number of nitrogens with zero attached hydrogens (tertiary/aromatic N) is 7. The Morgan fingerprint density at radius 3 is 2.70 bits per heavy atom. The highest BCUT2D eigenvalue weighted by molar-refractivity contribution is 6.08. The average Bonchev–Trinajstić information content (AvgIpc) is 3.42. The molecule has 0 atom stereocenters. The van der Waals surface area contributed by atoms with Crippen molar-refractivity contribution in [3.8, 4) is 11.3 Å². The highest BCUT2D eigenvalue weighted by Crippen LogP contribution is 2.24. The fourth-order valence-electron chi connectivity index (χ4n) is 3.58. The summed E-state index contributed by atoms with van der Waals surface area (Å²) in [7, 11) is 0. The number of nitrogens with one attached hydrogen (secondary N) is 1. The zero-order chi connectivity index (χ0) is 21.3. The number of hydrogen-bond acceptors (Lipinski definition) is 5. The van der Waals surface area contributed by atoms with Gasteiger partial charge in [-0.15, -0.1) is 0 Å². The molecule has 4 aromatic heterocycles. The molecule has 4 rings (SSSR count). The van der Waals surface area contributed by atoms with E-state index in [4.69, 9.17) is 0 Å². The molecule has 0 aromatic carbocycles. The van der Waals surface area contributed by atoms with Gasteiger partial charge in [-0.3, -0.25) is 9.48 Å². The maximum atomic E-state index is 13.0. The van der Waals surface area contributed by atoms with Crippen LogP contribution < -0.4 is 5.32 Å². The van der Waals surface area contributed by atoms with E-state index >= 15 is 0 Å². The van der Waals surface area contributed by atoms with Crippen molar-refractivity contribution in [2.75, 3.05) is 5.32 Å². The van der Waals surface area contributed by atoms with Crippen molar-refractivity contribution in [3.63, 3.8) is 0 Å². The van der Waals surface area contributed by atoms with Gasteiger partial charge in [-0.1, -0.05) is 13.3 Å². The first-order chi connectivity index (χ1) is 14.5. The number of anilines is 1. The summed E-state index contributed by atoms with van der Waals surface area (Å²) in [5.74, 6) is 0.426. The second kappa shape index (κ2) is 8.10. The van der Waals surface area contributed by atoms with Crippen LogP contribution in [0, 0.1) is 13.8 Å². The number of carbonyl (C=O) groups excluding carboxylic acids is 1. The lowest BCUT2D eigenvalue weighted by Crippen LogP contribution is -2.16. The highest BCUT2D eigenvalue weighted by Gasteiger charge is 2.19. The summed E-state index contributed by atoms with van der Waals surface area (Å²) in [5, 5.41) is 16.3. The maximum absolute atomic E-state index is 13.0. The lowest BCUT2D eigenvalue weighted by Gasteiger charge is -2.08. The Labute approximate surface area is 174 Å². The number of hydrogen-bond donors (Lipinski definition) is 1. The zero-order valence-electron chi connectivity index (χ0n) is 17.8. The molecule has 0 bridgehead atoms. The van der Waals surface area contributed by atoms with Crippen molar-refractivity contribution in [1.82, 2.24) is 34.2 Å². The molecule has 4 aromatic rings. The Morgan fingerprint density at radius 2 is 1.97 bits per heavy atom. The van der Waals surface area contributed by atoms with Gasteiger partial charge in [0.2, 0.25) is 0 Å². The molecule has 156 valence electrons. The van der Waals surface area contributed by atoms with Gasteiger partial charge in [0.05, 0.1) is 23.8 Å². The van der Waals surface area contributed by atoms with Crippen LogP contribution in [0.4, 0.5) is 5.82 Å². The van der Waals surface area contributed by atoms with Crippen molar-refractivity contribution in [2.45, 2.75) is 53.6 Å². The largest absolute Gasteiger partial charge is 0.307 e. The first kappa shape index (κ1) is 19.8. The number of fused-ring (bicyclic) bond motifs is 1. The van der Waals surface area contributed by atoms with Gasteiger partial charge in [0.1, 0.15) is 11.4 Å². The average molecular weight is 406 g/mol. The predicted molar refractivity (Wildman–Crippen MR) is 114 cm³/mol. The molecule has 9 nitrogen and oxygen atoms in total. The molecule has 0 saturated heterocycles. The van der Waals surface area contributed by atoms with E-state index in [1.807, 2.05) is 41.5 Å². The molecule has 0 spiro atoms. The van der Waals surface area contributed by atoms with E-state index in [-0.39, 0.29) is 5.91 Å². The minimum absolute atomic E-state index is 0.256. The molecule has 30 heavy (non-hydrogen) atoms. The van der Waals surface area contributed by atoms with Crippen LogP contribution >= 0.6 is 0 Å². The van der Waals surface area contributed by atoms with Crippen LogP contribution in [-0.2, 0) is 13.1 Å². The molecule has 0 aliphatic rings. The smallest absolute Gasteiger partial charge is 0.262 e.